The van der Waals surface area contributed by atoms with Gasteiger partial charge in [0, 0.05) is 49.3 Å². The summed E-state index contributed by atoms with van der Waals surface area (Å²) in [5, 5.41) is 9.23. The summed E-state index contributed by atoms with van der Waals surface area (Å²) in [6.07, 6.45) is 1.85. The lowest BCUT2D eigenvalue weighted by atomic mass is 10.1. The van der Waals surface area contributed by atoms with E-state index in [1.54, 1.807) is 0 Å². The van der Waals surface area contributed by atoms with Crippen molar-refractivity contribution < 1.29 is 0 Å². The largest absolute Gasteiger partial charge is 0.294 e. The Hall–Kier alpha value is -7.31. The van der Waals surface area contributed by atoms with E-state index in [4.69, 9.17) is 15.0 Å². The molecule has 0 aliphatic heterocycles. The SMILES string of the molecule is c1cc(-n2c3ccccc3c3ccccc32)nc(-n2c3ccccc3c3ccc4c5ccccc5n(-c5ccc6ccc7cccnc7c6n5)c4c32)c1. The van der Waals surface area contributed by atoms with E-state index in [0.29, 0.717) is 0 Å². The van der Waals surface area contributed by atoms with Crippen molar-refractivity contribution in [1.82, 2.24) is 28.7 Å². The number of aromatic nitrogens is 6. The molecule has 0 atom stereocenters. The van der Waals surface area contributed by atoms with Crippen LogP contribution in [0.1, 0.15) is 0 Å². The highest BCUT2D eigenvalue weighted by Gasteiger charge is 2.23. The first-order valence-corrected chi connectivity index (χ1v) is 17.9. The van der Waals surface area contributed by atoms with Gasteiger partial charge in [0.2, 0.25) is 0 Å². The van der Waals surface area contributed by atoms with Crippen molar-refractivity contribution in [2.75, 3.05) is 0 Å². The quantitative estimate of drug-likeness (QED) is 0.175. The van der Waals surface area contributed by atoms with E-state index in [0.717, 1.165) is 83.1 Å². The van der Waals surface area contributed by atoms with E-state index >= 15 is 0 Å². The molecular formula is C47H28N6. The molecule has 0 bridgehead atoms. The molecule has 0 aliphatic carbocycles. The van der Waals surface area contributed by atoms with Crippen molar-refractivity contribution in [3.8, 4) is 17.5 Å². The first-order chi connectivity index (χ1) is 26.3. The van der Waals surface area contributed by atoms with Crippen LogP contribution in [0.25, 0.3) is 105 Å². The maximum Gasteiger partial charge on any atom is 0.140 e. The van der Waals surface area contributed by atoms with Gasteiger partial charge in [-0.3, -0.25) is 18.7 Å². The van der Waals surface area contributed by atoms with Crippen molar-refractivity contribution in [2.45, 2.75) is 0 Å². The highest BCUT2D eigenvalue weighted by Crippen LogP contribution is 2.42. The zero-order valence-corrected chi connectivity index (χ0v) is 28.3. The third kappa shape index (κ3) is 3.89. The summed E-state index contributed by atoms with van der Waals surface area (Å²) in [5.41, 5.74) is 8.42. The summed E-state index contributed by atoms with van der Waals surface area (Å²) < 4.78 is 6.96. The second-order valence-electron chi connectivity index (χ2n) is 13.7. The normalized spacial score (nSPS) is 12.2. The Labute approximate surface area is 302 Å². The first kappa shape index (κ1) is 28.4. The van der Waals surface area contributed by atoms with Gasteiger partial charge in [0.15, 0.2) is 0 Å². The molecule has 6 heterocycles. The standard InChI is InChI=1S/C47H28N6/c1-5-16-37-31(12-1)32-13-2-6-17-38(32)51(37)41-20-9-21-42(49-41)52-39-18-7-3-14-33(39)35-25-26-36-34-15-4-8-19-40(34)53(47(36)46(35)52)43-27-24-30-23-22-29-11-10-28-48-44(29)45(30)50-43/h1-28H. The number of hydrogen-bond acceptors (Lipinski definition) is 3. The molecule has 0 unspecified atom stereocenters. The first-order valence-electron chi connectivity index (χ1n) is 17.9. The van der Waals surface area contributed by atoms with Gasteiger partial charge in [-0.05, 0) is 54.6 Å². The number of nitrogens with zero attached hydrogens (tertiary/aromatic N) is 6. The smallest absolute Gasteiger partial charge is 0.140 e. The summed E-state index contributed by atoms with van der Waals surface area (Å²) in [7, 11) is 0. The molecule has 0 saturated heterocycles. The van der Waals surface area contributed by atoms with Gasteiger partial charge in [-0.2, -0.15) is 0 Å². The van der Waals surface area contributed by atoms with Crippen LogP contribution >= 0.6 is 0 Å². The number of pyridine rings is 3. The van der Waals surface area contributed by atoms with Crippen molar-refractivity contribution in [3.63, 3.8) is 0 Å². The van der Waals surface area contributed by atoms with Gasteiger partial charge >= 0.3 is 0 Å². The zero-order chi connectivity index (χ0) is 34.6. The predicted molar refractivity (Wildman–Crippen MR) is 218 cm³/mol. The van der Waals surface area contributed by atoms with Crippen LogP contribution in [0.3, 0.4) is 0 Å². The number of rotatable bonds is 3. The Balaban J connectivity index is 1.21. The van der Waals surface area contributed by atoms with Crippen molar-refractivity contribution in [3.05, 3.63) is 170 Å². The maximum atomic E-state index is 5.49. The molecular weight excluding hydrogens is 649 g/mol. The van der Waals surface area contributed by atoms with Gasteiger partial charge in [0.1, 0.15) is 17.5 Å². The minimum Gasteiger partial charge on any atom is -0.294 e. The van der Waals surface area contributed by atoms with Crippen LogP contribution < -0.4 is 0 Å². The average molecular weight is 677 g/mol. The van der Waals surface area contributed by atoms with Crippen LogP contribution in [0.4, 0.5) is 0 Å². The van der Waals surface area contributed by atoms with E-state index < -0.39 is 0 Å². The van der Waals surface area contributed by atoms with Crippen LogP contribution in [0.5, 0.6) is 0 Å². The van der Waals surface area contributed by atoms with E-state index in [1.165, 1.54) is 21.5 Å². The van der Waals surface area contributed by atoms with Gasteiger partial charge in [-0.25, -0.2) is 9.97 Å². The molecule has 0 N–H and O–H groups in total. The Kier molecular flexibility index (Phi) is 5.68. The Morgan fingerprint density at radius 1 is 0.302 bits per heavy atom. The number of fused-ring (bicyclic) bond motifs is 13. The van der Waals surface area contributed by atoms with Gasteiger partial charge in [0.25, 0.3) is 0 Å². The van der Waals surface area contributed by atoms with Crippen LogP contribution in [-0.4, -0.2) is 28.7 Å². The summed E-state index contributed by atoms with van der Waals surface area (Å²) in [6, 6.07) is 58.0. The highest BCUT2D eigenvalue weighted by atomic mass is 15.2. The molecule has 53 heavy (non-hydrogen) atoms. The Bertz CT molecular complexity index is 3420. The fourth-order valence-electron chi connectivity index (χ4n) is 8.65. The predicted octanol–water partition coefficient (Wildman–Crippen LogP) is 11.5. The molecule has 0 aliphatic rings. The number of hydrogen-bond donors (Lipinski definition) is 0. The highest BCUT2D eigenvalue weighted by molar-refractivity contribution is 6.23. The summed E-state index contributed by atoms with van der Waals surface area (Å²) in [6.45, 7) is 0. The fraction of sp³-hybridized carbons (Fsp3) is 0. The summed E-state index contributed by atoms with van der Waals surface area (Å²) in [5.74, 6) is 2.56. The molecule has 0 saturated carbocycles. The summed E-state index contributed by atoms with van der Waals surface area (Å²) in [4.78, 5) is 15.6. The van der Waals surface area contributed by atoms with Crippen LogP contribution in [-0.2, 0) is 0 Å². The topological polar surface area (TPSA) is 53.5 Å². The molecule has 12 rings (SSSR count). The third-order valence-corrected chi connectivity index (χ3v) is 10.9. The third-order valence-electron chi connectivity index (χ3n) is 10.9. The lowest BCUT2D eigenvalue weighted by Crippen LogP contribution is -2.04. The Morgan fingerprint density at radius 2 is 0.755 bits per heavy atom. The zero-order valence-electron chi connectivity index (χ0n) is 28.3. The maximum absolute atomic E-state index is 5.49. The molecule has 0 radical (unpaired) electrons. The van der Waals surface area contributed by atoms with E-state index in [-0.39, 0.29) is 0 Å². The van der Waals surface area contributed by atoms with E-state index in [9.17, 15) is 0 Å². The monoisotopic (exact) mass is 676 g/mol. The average Bonchev–Trinajstić information content (AvgIpc) is 3.87. The van der Waals surface area contributed by atoms with Gasteiger partial charge in [-0.1, -0.05) is 109 Å². The lowest BCUT2D eigenvalue weighted by molar-refractivity contribution is 1.01. The van der Waals surface area contributed by atoms with E-state index in [2.05, 4.69) is 171 Å². The van der Waals surface area contributed by atoms with Gasteiger partial charge in [-0.15, -0.1) is 0 Å². The van der Waals surface area contributed by atoms with E-state index in [1.807, 2.05) is 12.3 Å². The van der Waals surface area contributed by atoms with Gasteiger partial charge in [0.05, 0.1) is 44.1 Å². The molecule has 0 fully saturated rings. The van der Waals surface area contributed by atoms with Gasteiger partial charge < -0.3 is 0 Å². The van der Waals surface area contributed by atoms with Crippen LogP contribution in [0.15, 0.2) is 170 Å². The van der Waals surface area contributed by atoms with Crippen molar-refractivity contribution in [1.29, 1.82) is 0 Å². The van der Waals surface area contributed by atoms with Crippen LogP contribution in [0.2, 0.25) is 0 Å². The fourth-order valence-corrected chi connectivity index (χ4v) is 8.65. The number of para-hydroxylation sites is 4. The molecule has 12 aromatic rings. The molecule has 6 aromatic heterocycles. The Morgan fingerprint density at radius 3 is 1.34 bits per heavy atom. The van der Waals surface area contributed by atoms with Crippen molar-refractivity contribution >= 4 is 87.2 Å². The molecule has 0 amide bonds. The second-order valence-corrected chi connectivity index (χ2v) is 13.7. The molecule has 6 nitrogen and oxygen atoms in total. The number of benzene rings is 6. The molecule has 6 heteroatoms. The van der Waals surface area contributed by atoms with Crippen molar-refractivity contribution in [2.24, 2.45) is 0 Å². The molecule has 0 spiro atoms. The molecule has 6 aromatic carbocycles. The van der Waals surface area contributed by atoms with Crippen LogP contribution in [0, 0.1) is 0 Å². The second kappa shape index (κ2) is 10.6. The summed E-state index contributed by atoms with van der Waals surface area (Å²) >= 11 is 0. The minimum absolute atomic E-state index is 0.846. The molecule has 246 valence electrons. The minimum atomic E-state index is 0.846. The lowest BCUT2D eigenvalue weighted by Gasteiger charge is -2.14.